The van der Waals surface area contributed by atoms with E-state index in [0.717, 1.165) is 15.1 Å². The number of benzene rings is 1. The largest absolute Gasteiger partial charge is 0.311 e. The van der Waals surface area contributed by atoms with Crippen molar-refractivity contribution in [1.29, 1.82) is 0 Å². The highest BCUT2D eigenvalue weighted by Crippen LogP contribution is 2.20. The summed E-state index contributed by atoms with van der Waals surface area (Å²) in [5.41, 5.74) is 0.543. The summed E-state index contributed by atoms with van der Waals surface area (Å²) in [4.78, 5) is 11.9. The van der Waals surface area contributed by atoms with E-state index in [4.69, 9.17) is 11.6 Å². The molecule has 0 saturated heterocycles. The van der Waals surface area contributed by atoms with E-state index >= 15 is 0 Å². The molecule has 0 radical (unpaired) electrons. The van der Waals surface area contributed by atoms with Gasteiger partial charge in [0.05, 0.1) is 11.8 Å². The topological polar surface area (TPSA) is 54.9 Å². The SMILES string of the molecule is O=C(Nc1cnns1)c1cc(Cl)ccc1I. The van der Waals surface area contributed by atoms with Crippen LogP contribution in [0.4, 0.5) is 5.00 Å². The lowest BCUT2D eigenvalue weighted by Crippen LogP contribution is -2.12. The monoisotopic (exact) mass is 365 g/mol. The molecule has 16 heavy (non-hydrogen) atoms. The lowest BCUT2D eigenvalue weighted by Gasteiger charge is -2.04. The highest BCUT2D eigenvalue weighted by molar-refractivity contribution is 14.1. The van der Waals surface area contributed by atoms with Gasteiger partial charge < -0.3 is 5.32 Å². The Morgan fingerprint density at radius 3 is 3.00 bits per heavy atom. The number of halogens is 2. The normalized spacial score (nSPS) is 10.1. The molecule has 0 spiro atoms. The number of carbonyl (C=O) groups is 1. The van der Waals surface area contributed by atoms with Crippen molar-refractivity contribution in [2.24, 2.45) is 0 Å². The number of nitrogens with one attached hydrogen (secondary N) is 1. The fraction of sp³-hybridized carbons (Fsp3) is 0. The molecule has 1 amide bonds. The Hall–Kier alpha value is -0.730. The Balaban J connectivity index is 2.24. The average Bonchev–Trinajstić information content (AvgIpc) is 2.74. The minimum atomic E-state index is -0.210. The van der Waals surface area contributed by atoms with Crippen LogP contribution in [0, 0.1) is 3.57 Å². The summed E-state index contributed by atoms with van der Waals surface area (Å²) in [6.45, 7) is 0. The number of nitrogens with zero attached hydrogens (tertiary/aromatic N) is 2. The van der Waals surface area contributed by atoms with Crippen molar-refractivity contribution in [2.45, 2.75) is 0 Å². The first-order valence-electron chi connectivity index (χ1n) is 4.20. The first-order valence-corrected chi connectivity index (χ1v) is 6.43. The van der Waals surface area contributed by atoms with Gasteiger partial charge in [-0.25, -0.2) is 0 Å². The third-order valence-electron chi connectivity index (χ3n) is 1.77. The van der Waals surface area contributed by atoms with E-state index < -0.39 is 0 Å². The third-order valence-corrected chi connectivity index (χ3v) is 3.53. The number of aromatic nitrogens is 2. The molecule has 1 aromatic heterocycles. The van der Waals surface area contributed by atoms with Gasteiger partial charge in [-0.05, 0) is 40.8 Å². The maximum absolute atomic E-state index is 11.9. The predicted molar refractivity (Wildman–Crippen MR) is 72.0 cm³/mol. The minimum absolute atomic E-state index is 0.210. The van der Waals surface area contributed by atoms with Crippen LogP contribution in [0.1, 0.15) is 10.4 Å². The highest BCUT2D eigenvalue weighted by Gasteiger charge is 2.11. The van der Waals surface area contributed by atoms with Gasteiger partial charge in [-0.15, -0.1) is 5.10 Å². The van der Waals surface area contributed by atoms with Crippen molar-refractivity contribution in [3.05, 3.63) is 38.6 Å². The molecule has 0 aliphatic heterocycles. The molecule has 0 aliphatic rings. The van der Waals surface area contributed by atoms with Gasteiger partial charge in [-0.2, -0.15) is 0 Å². The zero-order chi connectivity index (χ0) is 11.5. The standard InChI is InChI=1S/C9H5ClIN3OS/c10-5-1-2-7(11)6(3-5)9(15)13-8-4-12-14-16-8/h1-4H,(H,13,15). The van der Waals surface area contributed by atoms with Crippen molar-refractivity contribution in [1.82, 2.24) is 9.59 Å². The lowest BCUT2D eigenvalue weighted by molar-refractivity contribution is 0.102. The Labute approximate surface area is 114 Å². The molecular formula is C9H5ClIN3OS. The van der Waals surface area contributed by atoms with Gasteiger partial charge in [-0.1, -0.05) is 16.1 Å². The molecule has 0 aliphatic carbocycles. The predicted octanol–water partition coefficient (Wildman–Crippen LogP) is 3.05. The summed E-state index contributed by atoms with van der Waals surface area (Å²) >= 11 is 9.05. The number of amides is 1. The second-order valence-corrected chi connectivity index (χ2v) is 5.24. The molecule has 0 atom stereocenters. The summed E-state index contributed by atoms with van der Waals surface area (Å²) in [7, 11) is 0. The molecule has 4 nitrogen and oxygen atoms in total. The second-order valence-electron chi connectivity index (χ2n) is 2.86. The van der Waals surface area contributed by atoms with Crippen LogP contribution >= 0.6 is 45.7 Å². The van der Waals surface area contributed by atoms with Crippen LogP contribution in [0.15, 0.2) is 24.4 Å². The summed E-state index contributed by atoms with van der Waals surface area (Å²) in [6.07, 6.45) is 1.50. The van der Waals surface area contributed by atoms with E-state index in [9.17, 15) is 4.79 Å². The van der Waals surface area contributed by atoms with Crippen LogP contribution in [0.25, 0.3) is 0 Å². The number of anilines is 1. The summed E-state index contributed by atoms with van der Waals surface area (Å²) in [5, 5.41) is 7.48. The third kappa shape index (κ3) is 2.69. The molecule has 2 aromatic rings. The van der Waals surface area contributed by atoms with E-state index in [2.05, 4.69) is 37.5 Å². The molecule has 0 fully saturated rings. The lowest BCUT2D eigenvalue weighted by atomic mass is 10.2. The van der Waals surface area contributed by atoms with Crippen LogP contribution in [-0.2, 0) is 0 Å². The van der Waals surface area contributed by atoms with E-state index in [-0.39, 0.29) is 5.91 Å². The van der Waals surface area contributed by atoms with Gasteiger partial charge in [0.25, 0.3) is 5.91 Å². The fourth-order valence-electron chi connectivity index (χ4n) is 1.07. The molecule has 1 N–H and O–H groups in total. The first kappa shape index (κ1) is 11.7. The molecule has 0 unspecified atom stereocenters. The van der Waals surface area contributed by atoms with Crippen molar-refractivity contribution >= 4 is 56.6 Å². The van der Waals surface area contributed by atoms with Crippen LogP contribution in [0.5, 0.6) is 0 Å². The molecule has 1 aromatic carbocycles. The van der Waals surface area contributed by atoms with Crippen molar-refractivity contribution < 1.29 is 4.79 Å². The Kier molecular flexibility index (Phi) is 3.72. The van der Waals surface area contributed by atoms with Crippen LogP contribution in [0.2, 0.25) is 5.02 Å². The number of carbonyl (C=O) groups excluding carboxylic acids is 1. The summed E-state index contributed by atoms with van der Waals surface area (Å²) in [5.74, 6) is -0.210. The van der Waals surface area contributed by atoms with Crippen molar-refractivity contribution in [2.75, 3.05) is 5.32 Å². The quantitative estimate of drug-likeness (QED) is 0.832. The van der Waals surface area contributed by atoms with Crippen molar-refractivity contribution in [3.8, 4) is 0 Å². The van der Waals surface area contributed by atoms with Gasteiger partial charge in [0.15, 0.2) is 0 Å². The first-order chi connectivity index (χ1) is 7.66. The molecule has 7 heteroatoms. The van der Waals surface area contributed by atoms with Gasteiger partial charge >= 0.3 is 0 Å². The molecule has 2 rings (SSSR count). The number of hydrogen-bond acceptors (Lipinski definition) is 4. The molecule has 82 valence electrons. The van der Waals surface area contributed by atoms with Gasteiger partial charge in [0.2, 0.25) is 0 Å². The Bertz CT molecular complexity index is 517. The van der Waals surface area contributed by atoms with Crippen molar-refractivity contribution in [3.63, 3.8) is 0 Å². The maximum atomic E-state index is 11.9. The van der Waals surface area contributed by atoms with Crippen LogP contribution < -0.4 is 5.32 Å². The molecule has 0 saturated carbocycles. The minimum Gasteiger partial charge on any atom is -0.311 e. The van der Waals surface area contributed by atoms with Gasteiger partial charge in [0, 0.05) is 20.1 Å². The Morgan fingerprint density at radius 2 is 2.31 bits per heavy atom. The number of rotatable bonds is 2. The van der Waals surface area contributed by atoms with E-state index in [1.807, 2.05) is 0 Å². The van der Waals surface area contributed by atoms with E-state index in [1.54, 1.807) is 18.2 Å². The molecule has 1 heterocycles. The smallest absolute Gasteiger partial charge is 0.257 e. The fourth-order valence-corrected chi connectivity index (χ4v) is 2.24. The van der Waals surface area contributed by atoms with Crippen LogP contribution in [-0.4, -0.2) is 15.5 Å². The summed E-state index contributed by atoms with van der Waals surface area (Å²) < 4.78 is 4.50. The second kappa shape index (κ2) is 5.07. The van der Waals surface area contributed by atoms with Gasteiger partial charge in [-0.3, -0.25) is 4.79 Å². The van der Waals surface area contributed by atoms with E-state index in [1.165, 1.54) is 6.20 Å². The Morgan fingerprint density at radius 1 is 1.50 bits per heavy atom. The zero-order valence-corrected chi connectivity index (χ0v) is 11.5. The van der Waals surface area contributed by atoms with Gasteiger partial charge in [0.1, 0.15) is 5.00 Å². The maximum Gasteiger partial charge on any atom is 0.257 e. The number of hydrogen-bond donors (Lipinski definition) is 1. The van der Waals surface area contributed by atoms with E-state index in [0.29, 0.717) is 15.6 Å². The molecule has 0 bridgehead atoms. The molecular weight excluding hydrogens is 361 g/mol. The summed E-state index contributed by atoms with van der Waals surface area (Å²) in [6, 6.07) is 5.17. The highest BCUT2D eigenvalue weighted by atomic mass is 127. The average molecular weight is 366 g/mol. The zero-order valence-electron chi connectivity index (χ0n) is 7.78. The van der Waals surface area contributed by atoms with Crippen LogP contribution in [0.3, 0.4) is 0 Å².